The fraction of sp³-hybridized carbons (Fsp3) is 1.00. The third kappa shape index (κ3) is 2.10. The van der Waals surface area contributed by atoms with Gasteiger partial charge in [0.2, 0.25) is 0 Å². The van der Waals surface area contributed by atoms with Crippen LogP contribution in [-0.2, 0) is 0 Å². The van der Waals surface area contributed by atoms with Crippen molar-refractivity contribution in [1.82, 2.24) is 15.1 Å². The number of halogens is 1. The molecule has 0 amide bonds. The van der Waals surface area contributed by atoms with Gasteiger partial charge < -0.3 is 10.2 Å². The minimum absolute atomic E-state index is 0. The highest BCUT2D eigenvalue weighted by Crippen LogP contribution is 2.09. The number of hydrogen-bond acceptors (Lipinski definition) is 3. The number of nitrogens with zero attached hydrogens (tertiary/aromatic N) is 2. The van der Waals surface area contributed by atoms with E-state index in [-0.39, 0.29) is 12.4 Å². The molecule has 2 heterocycles. The Morgan fingerprint density at radius 1 is 1.25 bits per heavy atom. The lowest BCUT2D eigenvalue weighted by atomic mass is 10.1. The molecule has 72 valence electrons. The van der Waals surface area contributed by atoms with Crippen LogP contribution in [0.25, 0.3) is 0 Å². The summed E-state index contributed by atoms with van der Waals surface area (Å²) < 4.78 is 0. The van der Waals surface area contributed by atoms with Crippen molar-refractivity contribution in [3.05, 3.63) is 0 Å². The molecule has 0 aromatic heterocycles. The summed E-state index contributed by atoms with van der Waals surface area (Å²) in [6.07, 6.45) is 0. The van der Waals surface area contributed by atoms with Gasteiger partial charge in [0.15, 0.2) is 0 Å². The SMILES string of the molecule is CN1CCN2CCNCC2C1.Cl. The van der Waals surface area contributed by atoms with Crippen molar-refractivity contribution < 1.29 is 0 Å². The molecule has 2 saturated heterocycles. The number of hydrogen-bond donors (Lipinski definition) is 1. The van der Waals surface area contributed by atoms with Gasteiger partial charge in [-0.15, -0.1) is 12.4 Å². The molecule has 4 heteroatoms. The molecule has 1 unspecified atom stereocenters. The Morgan fingerprint density at radius 3 is 2.92 bits per heavy atom. The molecule has 2 aliphatic heterocycles. The van der Waals surface area contributed by atoms with Gasteiger partial charge in [-0.2, -0.15) is 0 Å². The molecular weight excluding hydrogens is 174 g/mol. The number of fused-ring (bicyclic) bond motifs is 1. The molecule has 0 radical (unpaired) electrons. The van der Waals surface area contributed by atoms with Crippen LogP contribution in [0.4, 0.5) is 0 Å². The van der Waals surface area contributed by atoms with Crippen molar-refractivity contribution in [2.24, 2.45) is 0 Å². The van der Waals surface area contributed by atoms with Crippen molar-refractivity contribution in [1.29, 1.82) is 0 Å². The zero-order valence-corrected chi connectivity index (χ0v) is 8.44. The summed E-state index contributed by atoms with van der Waals surface area (Å²) >= 11 is 0. The molecule has 0 saturated carbocycles. The average molecular weight is 192 g/mol. The molecule has 0 spiro atoms. The Labute approximate surface area is 80.5 Å². The monoisotopic (exact) mass is 191 g/mol. The summed E-state index contributed by atoms with van der Waals surface area (Å²) in [5, 5.41) is 3.44. The molecule has 2 fully saturated rings. The Bertz CT molecular complexity index is 142. The van der Waals surface area contributed by atoms with Crippen LogP contribution in [0, 0.1) is 0 Å². The minimum Gasteiger partial charge on any atom is -0.314 e. The number of piperazine rings is 2. The maximum absolute atomic E-state index is 3.44. The van der Waals surface area contributed by atoms with Crippen molar-refractivity contribution in [2.45, 2.75) is 6.04 Å². The predicted octanol–water partition coefficient (Wildman–Crippen LogP) is -0.373. The molecule has 0 aliphatic carbocycles. The third-order valence-corrected chi connectivity index (χ3v) is 2.76. The predicted molar refractivity (Wildman–Crippen MR) is 53.0 cm³/mol. The maximum atomic E-state index is 3.44. The number of nitrogens with one attached hydrogen (secondary N) is 1. The lowest BCUT2D eigenvalue weighted by Crippen LogP contribution is -2.60. The van der Waals surface area contributed by atoms with Gasteiger partial charge in [0.05, 0.1) is 0 Å². The van der Waals surface area contributed by atoms with Crippen molar-refractivity contribution in [2.75, 3.05) is 46.3 Å². The van der Waals surface area contributed by atoms with Crippen LogP contribution in [-0.4, -0.2) is 62.2 Å². The van der Waals surface area contributed by atoms with Crippen LogP contribution < -0.4 is 5.32 Å². The van der Waals surface area contributed by atoms with Gasteiger partial charge in [-0.3, -0.25) is 4.90 Å². The summed E-state index contributed by atoms with van der Waals surface area (Å²) in [6.45, 7) is 7.37. The van der Waals surface area contributed by atoms with E-state index in [1.807, 2.05) is 0 Å². The summed E-state index contributed by atoms with van der Waals surface area (Å²) in [7, 11) is 2.21. The lowest BCUT2D eigenvalue weighted by Gasteiger charge is -2.43. The van der Waals surface area contributed by atoms with E-state index in [0.29, 0.717) is 0 Å². The quantitative estimate of drug-likeness (QED) is 0.564. The van der Waals surface area contributed by atoms with Crippen LogP contribution in [0.2, 0.25) is 0 Å². The first-order chi connectivity index (χ1) is 5.36. The molecule has 0 aromatic rings. The summed E-state index contributed by atoms with van der Waals surface area (Å²) in [4.78, 5) is 5.03. The van der Waals surface area contributed by atoms with Crippen LogP contribution in [0.1, 0.15) is 0 Å². The first-order valence-electron chi connectivity index (χ1n) is 4.49. The molecule has 12 heavy (non-hydrogen) atoms. The molecule has 0 bridgehead atoms. The smallest absolute Gasteiger partial charge is 0.0348 e. The zero-order chi connectivity index (χ0) is 7.68. The zero-order valence-electron chi connectivity index (χ0n) is 7.62. The largest absolute Gasteiger partial charge is 0.314 e. The second-order valence-corrected chi connectivity index (χ2v) is 3.66. The average Bonchev–Trinajstić information content (AvgIpc) is 2.04. The molecular formula is C8H18ClN3. The summed E-state index contributed by atoms with van der Waals surface area (Å²) in [5.41, 5.74) is 0. The van der Waals surface area contributed by atoms with E-state index in [0.717, 1.165) is 6.04 Å². The van der Waals surface area contributed by atoms with Crippen molar-refractivity contribution in [3.63, 3.8) is 0 Å². The Balaban J connectivity index is 0.000000720. The minimum atomic E-state index is 0. The van der Waals surface area contributed by atoms with E-state index in [2.05, 4.69) is 22.2 Å². The Morgan fingerprint density at radius 2 is 2.08 bits per heavy atom. The van der Waals surface area contributed by atoms with Gasteiger partial charge in [-0.05, 0) is 7.05 Å². The summed E-state index contributed by atoms with van der Waals surface area (Å²) in [5.74, 6) is 0. The van der Waals surface area contributed by atoms with Gasteiger partial charge in [0.25, 0.3) is 0 Å². The number of likely N-dealkylation sites (N-methyl/N-ethyl adjacent to an activating group) is 1. The highest BCUT2D eigenvalue weighted by atomic mass is 35.5. The van der Waals surface area contributed by atoms with Crippen LogP contribution in [0.5, 0.6) is 0 Å². The third-order valence-electron chi connectivity index (χ3n) is 2.76. The fourth-order valence-electron chi connectivity index (χ4n) is 2.03. The Kier molecular flexibility index (Phi) is 3.77. The van der Waals surface area contributed by atoms with Crippen molar-refractivity contribution >= 4 is 12.4 Å². The maximum Gasteiger partial charge on any atom is 0.0348 e. The standard InChI is InChI=1S/C8H17N3.ClH/c1-10-4-5-11-3-2-9-6-8(11)7-10;/h8-9H,2-7H2,1H3;1H. The summed E-state index contributed by atoms with van der Waals surface area (Å²) in [6, 6.07) is 0.780. The molecule has 2 aliphatic rings. The lowest BCUT2D eigenvalue weighted by molar-refractivity contribution is 0.0716. The normalized spacial score (nSPS) is 32.2. The second-order valence-electron chi connectivity index (χ2n) is 3.66. The highest BCUT2D eigenvalue weighted by molar-refractivity contribution is 5.85. The molecule has 2 rings (SSSR count). The fourth-order valence-corrected chi connectivity index (χ4v) is 2.03. The van der Waals surface area contributed by atoms with E-state index in [9.17, 15) is 0 Å². The van der Waals surface area contributed by atoms with Gasteiger partial charge in [0, 0.05) is 45.3 Å². The van der Waals surface area contributed by atoms with Crippen LogP contribution in [0.3, 0.4) is 0 Å². The van der Waals surface area contributed by atoms with E-state index in [1.165, 1.54) is 39.3 Å². The van der Waals surface area contributed by atoms with Crippen LogP contribution >= 0.6 is 12.4 Å². The van der Waals surface area contributed by atoms with Crippen molar-refractivity contribution in [3.8, 4) is 0 Å². The first-order valence-corrected chi connectivity index (χ1v) is 4.49. The second kappa shape index (κ2) is 4.42. The van der Waals surface area contributed by atoms with E-state index >= 15 is 0 Å². The van der Waals surface area contributed by atoms with Gasteiger partial charge in [0.1, 0.15) is 0 Å². The first kappa shape index (κ1) is 10.3. The Hall–Kier alpha value is 0.170. The van der Waals surface area contributed by atoms with Crippen LogP contribution in [0.15, 0.2) is 0 Å². The highest BCUT2D eigenvalue weighted by Gasteiger charge is 2.26. The van der Waals surface area contributed by atoms with Gasteiger partial charge in [-0.25, -0.2) is 0 Å². The molecule has 1 N–H and O–H groups in total. The van der Waals surface area contributed by atoms with E-state index < -0.39 is 0 Å². The molecule has 3 nitrogen and oxygen atoms in total. The van der Waals surface area contributed by atoms with E-state index in [4.69, 9.17) is 0 Å². The topological polar surface area (TPSA) is 18.5 Å². The van der Waals surface area contributed by atoms with E-state index in [1.54, 1.807) is 0 Å². The number of rotatable bonds is 0. The molecule has 1 atom stereocenters. The van der Waals surface area contributed by atoms with Gasteiger partial charge in [-0.1, -0.05) is 0 Å². The van der Waals surface area contributed by atoms with Gasteiger partial charge >= 0.3 is 0 Å². The molecule has 0 aromatic carbocycles.